The third-order valence-corrected chi connectivity index (χ3v) is 2.78. The lowest BCUT2D eigenvalue weighted by Gasteiger charge is -2.12. The van der Waals surface area contributed by atoms with Gasteiger partial charge in [-0.1, -0.05) is 0 Å². The molecule has 0 unspecified atom stereocenters. The standard InChI is InChI=1S/C7HClF3IN2O4/c8-6(15)4-5(18-7(9,10)11)3(12)2(1-13-4)14(16)17/h1H. The largest absolute Gasteiger partial charge is 0.573 e. The highest BCUT2D eigenvalue weighted by Gasteiger charge is 2.36. The molecule has 0 atom stereocenters. The average Bonchev–Trinajstić information content (AvgIpc) is 2.17. The van der Waals surface area contributed by atoms with E-state index < -0.39 is 37.2 Å². The van der Waals surface area contributed by atoms with E-state index >= 15 is 0 Å². The van der Waals surface area contributed by atoms with Gasteiger partial charge in [-0.05, 0) is 34.2 Å². The van der Waals surface area contributed by atoms with Crippen molar-refractivity contribution in [3.63, 3.8) is 0 Å². The van der Waals surface area contributed by atoms with Gasteiger partial charge in [-0.25, -0.2) is 4.98 Å². The summed E-state index contributed by atoms with van der Waals surface area (Å²) in [5, 5.41) is 9.21. The van der Waals surface area contributed by atoms with Gasteiger partial charge in [-0.2, -0.15) is 0 Å². The summed E-state index contributed by atoms with van der Waals surface area (Å²) >= 11 is 6.26. The number of alkyl halides is 3. The van der Waals surface area contributed by atoms with Crippen molar-refractivity contribution < 1.29 is 27.6 Å². The van der Waals surface area contributed by atoms with Crippen LogP contribution in [0.15, 0.2) is 6.20 Å². The summed E-state index contributed by atoms with van der Waals surface area (Å²) in [7, 11) is 0. The van der Waals surface area contributed by atoms with E-state index in [1.807, 2.05) is 0 Å². The number of nitro groups is 1. The Morgan fingerprint density at radius 1 is 1.56 bits per heavy atom. The van der Waals surface area contributed by atoms with E-state index in [1.54, 1.807) is 0 Å². The van der Waals surface area contributed by atoms with Gasteiger partial charge in [0, 0.05) is 0 Å². The number of hydrogen-bond donors (Lipinski definition) is 0. The third-order valence-electron chi connectivity index (χ3n) is 1.56. The van der Waals surface area contributed by atoms with Gasteiger partial charge in [0.25, 0.3) is 5.24 Å². The highest BCUT2D eigenvalue weighted by molar-refractivity contribution is 14.1. The van der Waals surface area contributed by atoms with Crippen LogP contribution in [0.25, 0.3) is 0 Å². The zero-order valence-corrected chi connectivity index (χ0v) is 10.9. The molecule has 0 bridgehead atoms. The van der Waals surface area contributed by atoms with Crippen LogP contribution in [0.3, 0.4) is 0 Å². The summed E-state index contributed by atoms with van der Waals surface area (Å²) in [6.07, 6.45) is -4.50. The molecule has 0 saturated heterocycles. The molecule has 98 valence electrons. The van der Waals surface area contributed by atoms with Gasteiger partial charge < -0.3 is 4.74 Å². The molecule has 0 amide bonds. The molecular weight excluding hydrogens is 395 g/mol. The molecule has 18 heavy (non-hydrogen) atoms. The molecule has 0 aliphatic carbocycles. The van der Waals surface area contributed by atoms with Crippen molar-refractivity contribution in [1.82, 2.24) is 4.98 Å². The third kappa shape index (κ3) is 3.41. The van der Waals surface area contributed by atoms with E-state index in [0.717, 1.165) is 0 Å². The number of hydrogen-bond acceptors (Lipinski definition) is 5. The van der Waals surface area contributed by atoms with Gasteiger partial charge in [0.15, 0.2) is 11.4 Å². The zero-order chi connectivity index (χ0) is 14.1. The monoisotopic (exact) mass is 396 g/mol. The molecule has 0 aliphatic heterocycles. The summed E-state index contributed by atoms with van der Waals surface area (Å²) in [5.41, 5.74) is -1.57. The Morgan fingerprint density at radius 3 is 2.50 bits per heavy atom. The van der Waals surface area contributed by atoms with Crippen molar-refractivity contribution in [2.24, 2.45) is 0 Å². The van der Waals surface area contributed by atoms with E-state index in [9.17, 15) is 28.1 Å². The van der Waals surface area contributed by atoms with Gasteiger partial charge in [-0.3, -0.25) is 14.9 Å². The summed E-state index contributed by atoms with van der Waals surface area (Å²) in [6.45, 7) is 0. The van der Waals surface area contributed by atoms with Crippen molar-refractivity contribution in [2.75, 3.05) is 0 Å². The number of halogens is 5. The van der Waals surface area contributed by atoms with Crippen LogP contribution in [0.4, 0.5) is 18.9 Å². The number of ether oxygens (including phenoxy) is 1. The fraction of sp³-hybridized carbons (Fsp3) is 0.143. The average molecular weight is 396 g/mol. The van der Waals surface area contributed by atoms with Gasteiger partial charge in [0.2, 0.25) is 0 Å². The topological polar surface area (TPSA) is 82.3 Å². The van der Waals surface area contributed by atoms with Gasteiger partial charge in [0.05, 0.1) is 4.92 Å². The summed E-state index contributed by atoms with van der Waals surface area (Å²) in [6, 6.07) is 0. The van der Waals surface area contributed by atoms with Crippen molar-refractivity contribution >= 4 is 45.1 Å². The fourth-order valence-corrected chi connectivity index (χ4v) is 1.77. The first kappa shape index (κ1) is 14.9. The quantitative estimate of drug-likeness (QED) is 0.340. The molecule has 0 radical (unpaired) electrons. The van der Waals surface area contributed by atoms with Crippen LogP contribution < -0.4 is 4.74 Å². The SMILES string of the molecule is O=C(Cl)c1ncc([N+](=O)[O-])c(I)c1OC(F)(F)F. The lowest BCUT2D eigenvalue weighted by molar-refractivity contribution is -0.386. The number of aromatic nitrogens is 1. The van der Waals surface area contributed by atoms with Crippen LogP contribution in [0.2, 0.25) is 0 Å². The predicted molar refractivity (Wildman–Crippen MR) is 60.5 cm³/mol. The van der Waals surface area contributed by atoms with Crippen molar-refractivity contribution in [3.8, 4) is 5.75 Å². The summed E-state index contributed by atoms with van der Waals surface area (Å²) in [4.78, 5) is 23.6. The van der Waals surface area contributed by atoms with E-state index in [1.165, 1.54) is 22.6 Å². The van der Waals surface area contributed by atoms with Crippen molar-refractivity contribution in [1.29, 1.82) is 0 Å². The first-order chi connectivity index (χ1) is 8.13. The molecule has 0 spiro atoms. The number of nitrogens with zero attached hydrogens (tertiary/aromatic N) is 2. The maximum atomic E-state index is 12.1. The Bertz CT molecular complexity index is 522. The molecule has 0 N–H and O–H groups in total. The maximum absolute atomic E-state index is 12.1. The number of rotatable bonds is 3. The molecule has 0 aromatic carbocycles. The Kier molecular flexibility index (Phi) is 4.32. The first-order valence-corrected chi connectivity index (χ1v) is 5.37. The molecule has 1 aromatic heterocycles. The molecule has 1 aromatic rings. The minimum atomic E-state index is -5.13. The Hall–Kier alpha value is -1.17. The second-order valence-electron chi connectivity index (χ2n) is 2.71. The van der Waals surface area contributed by atoms with Crippen LogP contribution >= 0.6 is 34.2 Å². The molecular formula is C7HClF3IN2O4. The normalized spacial score (nSPS) is 11.2. The van der Waals surface area contributed by atoms with Gasteiger partial charge >= 0.3 is 12.0 Å². The van der Waals surface area contributed by atoms with Gasteiger partial charge in [0.1, 0.15) is 9.77 Å². The van der Waals surface area contributed by atoms with Gasteiger partial charge in [-0.15, -0.1) is 13.2 Å². The summed E-state index contributed by atoms with van der Waals surface area (Å²) in [5.74, 6) is -1.09. The molecule has 0 aliphatic rings. The molecule has 0 fully saturated rings. The van der Waals surface area contributed by atoms with E-state index in [0.29, 0.717) is 6.20 Å². The zero-order valence-electron chi connectivity index (χ0n) is 7.99. The highest BCUT2D eigenvalue weighted by Crippen LogP contribution is 2.35. The number of pyridine rings is 1. The number of carbonyl (C=O) groups is 1. The minimum Gasteiger partial charge on any atom is -0.402 e. The molecule has 1 rings (SSSR count). The maximum Gasteiger partial charge on any atom is 0.573 e. The van der Waals surface area contributed by atoms with Crippen LogP contribution in [0, 0.1) is 13.7 Å². The second kappa shape index (κ2) is 5.22. The fourth-order valence-electron chi connectivity index (χ4n) is 0.937. The smallest absolute Gasteiger partial charge is 0.402 e. The Labute approximate surface area is 115 Å². The van der Waals surface area contributed by atoms with Crippen molar-refractivity contribution in [3.05, 3.63) is 25.6 Å². The lowest BCUT2D eigenvalue weighted by Crippen LogP contribution is -2.20. The Balaban J connectivity index is 3.45. The summed E-state index contributed by atoms with van der Waals surface area (Å²) < 4.78 is 39.4. The van der Waals surface area contributed by atoms with Crippen LogP contribution in [0.1, 0.15) is 10.5 Å². The van der Waals surface area contributed by atoms with Crippen LogP contribution in [-0.2, 0) is 0 Å². The van der Waals surface area contributed by atoms with Crippen LogP contribution in [-0.4, -0.2) is 21.5 Å². The molecule has 0 saturated carbocycles. The Morgan fingerprint density at radius 2 is 2.11 bits per heavy atom. The van der Waals surface area contributed by atoms with E-state index in [-0.39, 0.29) is 0 Å². The predicted octanol–water partition coefficient (Wildman–Crippen LogP) is 2.87. The van der Waals surface area contributed by atoms with E-state index in [4.69, 9.17) is 11.6 Å². The highest BCUT2D eigenvalue weighted by atomic mass is 127. The van der Waals surface area contributed by atoms with Crippen molar-refractivity contribution in [2.45, 2.75) is 6.36 Å². The minimum absolute atomic E-state index is 0.520. The lowest BCUT2D eigenvalue weighted by atomic mass is 10.3. The second-order valence-corrected chi connectivity index (χ2v) is 4.14. The van der Waals surface area contributed by atoms with E-state index in [2.05, 4.69) is 9.72 Å². The molecule has 1 heterocycles. The number of carbonyl (C=O) groups excluding carboxylic acids is 1. The molecule has 11 heteroatoms. The first-order valence-electron chi connectivity index (χ1n) is 3.92. The molecule has 6 nitrogen and oxygen atoms in total. The van der Waals surface area contributed by atoms with Crippen LogP contribution in [0.5, 0.6) is 5.75 Å².